The molecular formula is C12H13N3OS2. The number of aromatic amines is 1. The molecule has 1 atom stereocenters. The average molecular weight is 279 g/mol. The van der Waals surface area contributed by atoms with Gasteiger partial charge in [0.25, 0.3) is 0 Å². The lowest BCUT2D eigenvalue weighted by Crippen LogP contribution is -2.40. The number of hydrogen-bond acceptors (Lipinski definition) is 5. The molecule has 1 fully saturated rings. The third-order valence-corrected chi connectivity index (χ3v) is 4.79. The van der Waals surface area contributed by atoms with E-state index in [2.05, 4.69) is 28.8 Å². The van der Waals surface area contributed by atoms with Gasteiger partial charge in [-0.3, -0.25) is 9.79 Å². The van der Waals surface area contributed by atoms with E-state index >= 15 is 0 Å². The van der Waals surface area contributed by atoms with Crippen LogP contribution in [0.3, 0.4) is 0 Å². The Labute approximate surface area is 114 Å². The highest BCUT2D eigenvalue weighted by molar-refractivity contribution is 8.01. The van der Waals surface area contributed by atoms with Gasteiger partial charge in [-0.1, -0.05) is 37.8 Å². The number of aliphatic imine (C=N–C) groups is 1. The fourth-order valence-corrected chi connectivity index (χ4v) is 3.79. The van der Waals surface area contributed by atoms with Crippen LogP contribution in [0.15, 0.2) is 16.3 Å². The Kier molecular flexibility index (Phi) is 2.67. The highest BCUT2D eigenvalue weighted by Crippen LogP contribution is 2.44. The molecule has 0 aromatic carbocycles. The van der Waals surface area contributed by atoms with E-state index in [-0.39, 0.29) is 16.4 Å². The Morgan fingerprint density at radius 1 is 1.50 bits per heavy atom. The van der Waals surface area contributed by atoms with Crippen LogP contribution in [0.2, 0.25) is 0 Å². The normalized spacial score (nSPS) is 25.1. The van der Waals surface area contributed by atoms with Crippen LogP contribution < -0.4 is 0 Å². The molecule has 2 heterocycles. The van der Waals surface area contributed by atoms with E-state index in [0.29, 0.717) is 16.7 Å². The van der Waals surface area contributed by atoms with Gasteiger partial charge >= 0.3 is 0 Å². The molecule has 0 radical (unpaired) electrons. The number of carbonyl (C=O) groups excluding carboxylic acids is 1. The van der Waals surface area contributed by atoms with Gasteiger partial charge in [0.1, 0.15) is 20.6 Å². The third kappa shape index (κ3) is 1.93. The zero-order chi connectivity index (χ0) is 12.9. The quantitative estimate of drug-likeness (QED) is 0.585. The maximum Gasteiger partial charge on any atom is 0.152 e. The summed E-state index contributed by atoms with van der Waals surface area (Å²) >= 11 is 6.70. The molecule has 1 unspecified atom stereocenters. The fraction of sp³-hybridized carbons (Fsp3) is 0.500. The van der Waals surface area contributed by atoms with Crippen molar-refractivity contribution >= 4 is 41.2 Å². The zero-order valence-electron chi connectivity index (χ0n) is 10.2. The maximum absolute atomic E-state index is 12.2. The number of rotatable bonds is 0. The average Bonchev–Trinajstić information content (AvgIpc) is 2.27. The summed E-state index contributed by atoms with van der Waals surface area (Å²) in [4.78, 5) is 23.9. The molecule has 1 aromatic rings. The molecular weight excluding hydrogens is 266 g/mol. The van der Waals surface area contributed by atoms with Gasteiger partial charge in [0, 0.05) is 12.1 Å². The summed E-state index contributed by atoms with van der Waals surface area (Å²) in [6.07, 6.45) is 3.02. The van der Waals surface area contributed by atoms with Crippen molar-refractivity contribution in [1.29, 1.82) is 0 Å². The minimum Gasteiger partial charge on any atom is -0.336 e. The molecule has 0 spiro atoms. The monoisotopic (exact) mass is 279 g/mol. The van der Waals surface area contributed by atoms with Crippen molar-refractivity contribution in [2.45, 2.75) is 37.0 Å². The van der Waals surface area contributed by atoms with Gasteiger partial charge in [-0.15, -0.1) is 0 Å². The number of aromatic nitrogens is 2. The predicted octanol–water partition coefficient (Wildman–Crippen LogP) is 3.08. The van der Waals surface area contributed by atoms with Crippen molar-refractivity contribution in [3.05, 3.63) is 11.0 Å². The van der Waals surface area contributed by atoms with E-state index in [1.54, 1.807) is 6.33 Å². The van der Waals surface area contributed by atoms with E-state index < -0.39 is 0 Å². The first-order chi connectivity index (χ1) is 8.46. The molecule has 2 aliphatic rings. The SMILES string of the molecule is CC1(C)CC(=O)C2Sc3nc[nH]c(=S)c3N=C2C1. The number of nitrogens with zero attached hydrogens (tertiary/aromatic N) is 2. The standard InChI is InChI=1S/C12H13N3OS2/c1-12(2)3-6-9(7(16)4-12)18-11-8(15-6)10(17)13-5-14-11/h5,9H,3-4H2,1-2H3,(H,13,14,17). The maximum atomic E-state index is 12.2. The fourth-order valence-electron chi connectivity index (χ4n) is 2.44. The van der Waals surface area contributed by atoms with Crippen LogP contribution in [0.5, 0.6) is 0 Å². The first kappa shape index (κ1) is 12.0. The van der Waals surface area contributed by atoms with Crippen LogP contribution in [0.1, 0.15) is 26.7 Å². The molecule has 1 N–H and O–H groups in total. The molecule has 3 rings (SSSR count). The van der Waals surface area contributed by atoms with Crippen LogP contribution in [-0.4, -0.2) is 26.7 Å². The molecule has 6 heteroatoms. The number of Topliss-reactive ketones (excluding diaryl/α,β-unsaturated/α-hetero) is 1. The molecule has 0 amide bonds. The number of carbonyl (C=O) groups is 1. The van der Waals surface area contributed by atoms with Crippen LogP contribution in [0, 0.1) is 10.1 Å². The Hall–Kier alpha value is -1.01. The summed E-state index contributed by atoms with van der Waals surface area (Å²) in [6.45, 7) is 4.21. The van der Waals surface area contributed by atoms with E-state index in [4.69, 9.17) is 12.2 Å². The van der Waals surface area contributed by atoms with Crippen LogP contribution in [-0.2, 0) is 4.79 Å². The first-order valence-corrected chi connectivity index (χ1v) is 7.10. The molecule has 0 bridgehead atoms. The number of ketones is 1. The molecule has 94 valence electrons. The van der Waals surface area contributed by atoms with Crippen molar-refractivity contribution in [1.82, 2.24) is 9.97 Å². The van der Waals surface area contributed by atoms with Crippen molar-refractivity contribution in [2.24, 2.45) is 10.4 Å². The number of nitrogens with one attached hydrogen (secondary N) is 1. The minimum absolute atomic E-state index is 0.00196. The van der Waals surface area contributed by atoms with Crippen LogP contribution in [0.25, 0.3) is 0 Å². The number of thioether (sulfide) groups is 1. The van der Waals surface area contributed by atoms with Gasteiger partial charge in [-0.2, -0.15) is 0 Å². The summed E-state index contributed by atoms with van der Waals surface area (Å²) in [5.41, 5.74) is 1.66. The van der Waals surface area contributed by atoms with E-state index in [1.165, 1.54) is 11.8 Å². The number of fused-ring (bicyclic) bond motifs is 2. The number of hydrogen-bond donors (Lipinski definition) is 1. The van der Waals surface area contributed by atoms with E-state index in [1.807, 2.05) is 0 Å². The Bertz CT molecular complexity index is 618. The summed E-state index contributed by atoms with van der Waals surface area (Å²) in [7, 11) is 0. The zero-order valence-corrected chi connectivity index (χ0v) is 11.8. The lowest BCUT2D eigenvalue weighted by atomic mass is 9.75. The first-order valence-electron chi connectivity index (χ1n) is 5.81. The molecule has 1 aliphatic heterocycles. The molecule has 0 saturated heterocycles. The lowest BCUT2D eigenvalue weighted by Gasteiger charge is -2.35. The Morgan fingerprint density at radius 2 is 2.28 bits per heavy atom. The van der Waals surface area contributed by atoms with Gasteiger partial charge in [0.05, 0.1) is 6.33 Å². The lowest BCUT2D eigenvalue weighted by molar-refractivity contribution is -0.120. The van der Waals surface area contributed by atoms with Gasteiger partial charge in [-0.25, -0.2) is 4.98 Å². The topological polar surface area (TPSA) is 58.1 Å². The summed E-state index contributed by atoms with van der Waals surface area (Å²) in [5, 5.41) is 0.607. The van der Waals surface area contributed by atoms with Crippen molar-refractivity contribution in [3.63, 3.8) is 0 Å². The minimum atomic E-state index is -0.158. The highest BCUT2D eigenvalue weighted by Gasteiger charge is 2.41. The summed E-state index contributed by atoms with van der Waals surface area (Å²) in [6, 6.07) is 0. The third-order valence-electron chi connectivity index (χ3n) is 3.19. The van der Waals surface area contributed by atoms with Gasteiger partial charge in [0.2, 0.25) is 0 Å². The second-order valence-electron chi connectivity index (χ2n) is 5.47. The van der Waals surface area contributed by atoms with Crippen LogP contribution in [0.4, 0.5) is 5.69 Å². The summed E-state index contributed by atoms with van der Waals surface area (Å²) in [5.74, 6) is 0.251. The van der Waals surface area contributed by atoms with Gasteiger partial charge in [0.15, 0.2) is 5.78 Å². The molecule has 1 aliphatic carbocycles. The second kappa shape index (κ2) is 3.99. The van der Waals surface area contributed by atoms with E-state index in [0.717, 1.165) is 17.2 Å². The summed E-state index contributed by atoms with van der Waals surface area (Å²) < 4.78 is 0.592. The molecule has 1 saturated carbocycles. The molecule has 18 heavy (non-hydrogen) atoms. The van der Waals surface area contributed by atoms with Gasteiger partial charge in [-0.05, 0) is 11.8 Å². The van der Waals surface area contributed by atoms with Crippen LogP contribution >= 0.6 is 24.0 Å². The van der Waals surface area contributed by atoms with Crippen molar-refractivity contribution in [3.8, 4) is 0 Å². The smallest absolute Gasteiger partial charge is 0.152 e. The second-order valence-corrected chi connectivity index (χ2v) is 6.97. The Balaban J connectivity index is 2.12. The molecule has 4 nitrogen and oxygen atoms in total. The highest BCUT2D eigenvalue weighted by atomic mass is 32.2. The number of H-pyrrole nitrogens is 1. The van der Waals surface area contributed by atoms with Crippen molar-refractivity contribution in [2.75, 3.05) is 0 Å². The largest absolute Gasteiger partial charge is 0.336 e. The predicted molar refractivity (Wildman–Crippen MR) is 74.2 cm³/mol. The van der Waals surface area contributed by atoms with E-state index in [9.17, 15) is 4.79 Å². The molecule has 1 aromatic heterocycles. The van der Waals surface area contributed by atoms with Crippen molar-refractivity contribution < 1.29 is 4.79 Å². The Morgan fingerprint density at radius 3 is 3.06 bits per heavy atom. The van der Waals surface area contributed by atoms with Gasteiger partial charge < -0.3 is 4.98 Å².